The first kappa shape index (κ1) is 10.2. The van der Waals surface area contributed by atoms with E-state index in [1.807, 2.05) is 0 Å². The van der Waals surface area contributed by atoms with Gasteiger partial charge in [0.1, 0.15) is 0 Å². The van der Waals surface area contributed by atoms with E-state index >= 15 is 0 Å². The first-order valence-electron chi connectivity index (χ1n) is 3.74. The number of unbranched alkanes of at least 4 members (excludes halogenated alkanes) is 1. The van der Waals surface area contributed by atoms with Crippen molar-refractivity contribution >= 4 is 5.97 Å². The topological polar surface area (TPSA) is 46.5 Å². The van der Waals surface area contributed by atoms with Crippen LogP contribution in [0, 0.1) is 0 Å². The number of aliphatic carboxylic acids is 1. The number of carboxylic acid groups (broad SMARTS) is 1. The molecular formula is C8H14O3. The Morgan fingerprint density at radius 3 is 2.91 bits per heavy atom. The van der Waals surface area contributed by atoms with Crippen LogP contribution in [0.3, 0.4) is 0 Å². The summed E-state index contributed by atoms with van der Waals surface area (Å²) < 4.78 is 5.07. The molecule has 0 aliphatic carbocycles. The average molecular weight is 158 g/mol. The van der Waals surface area contributed by atoms with E-state index in [0.29, 0.717) is 13.2 Å². The molecule has 0 radical (unpaired) electrons. The minimum absolute atomic E-state index is 0.395. The van der Waals surface area contributed by atoms with Crippen LogP contribution >= 0.6 is 0 Å². The number of carbonyl (C=O) groups is 1. The second-order valence-electron chi connectivity index (χ2n) is 2.17. The summed E-state index contributed by atoms with van der Waals surface area (Å²) in [6.45, 7) is 3.18. The summed E-state index contributed by atoms with van der Waals surface area (Å²) in [5.74, 6) is -0.927. The molecule has 0 aromatic carbocycles. The fraction of sp³-hybridized carbons (Fsp3) is 0.625. The van der Waals surface area contributed by atoms with Crippen LogP contribution in [-0.2, 0) is 9.53 Å². The Bertz CT molecular complexity index is 129. The molecule has 0 atom stereocenters. The molecule has 1 N–H and O–H groups in total. The van der Waals surface area contributed by atoms with Gasteiger partial charge < -0.3 is 9.84 Å². The highest BCUT2D eigenvalue weighted by Crippen LogP contribution is 1.87. The van der Waals surface area contributed by atoms with E-state index in [1.165, 1.54) is 6.08 Å². The number of ether oxygens (including phenoxy) is 1. The summed E-state index contributed by atoms with van der Waals surface area (Å²) in [5, 5.41) is 8.17. The first-order valence-corrected chi connectivity index (χ1v) is 3.74. The zero-order valence-electron chi connectivity index (χ0n) is 6.75. The number of hydrogen-bond donors (Lipinski definition) is 1. The molecule has 0 aliphatic heterocycles. The summed E-state index contributed by atoms with van der Waals surface area (Å²) >= 11 is 0. The van der Waals surface area contributed by atoms with Crippen LogP contribution in [0.5, 0.6) is 0 Å². The zero-order chi connectivity index (χ0) is 8.53. The van der Waals surface area contributed by atoms with Crippen molar-refractivity contribution in [1.82, 2.24) is 0 Å². The van der Waals surface area contributed by atoms with Gasteiger partial charge >= 0.3 is 5.97 Å². The van der Waals surface area contributed by atoms with Crippen molar-refractivity contribution in [2.75, 3.05) is 13.2 Å². The van der Waals surface area contributed by atoms with Crippen molar-refractivity contribution in [2.45, 2.75) is 19.8 Å². The molecule has 0 aromatic heterocycles. The highest BCUT2D eigenvalue weighted by Gasteiger charge is 1.85. The fourth-order valence-corrected chi connectivity index (χ4v) is 0.547. The quantitative estimate of drug-likeness (QED) is 0.470. The molecule has 64 valence electrons. The lowest BCUT2D eigenvalue weighted by Crippen LogP contribution is -1.94. The van der Waals surface area contributed by atoms with E-state index in [1.54, 1.807) is 0 Å². The second-order valence-corrected chi connectivity index (χ2v) is 2.17. The Kier molecular flexibility index (Phi) is 6.73. The molecule has 0 fully saturated rings. The van der Waals surface area contributed by atoms with Gasteiger partial charge in [0.15, 0.2) is 0 Å². The van der Waals surface area contributed by atoms with Gasteiger partial charge in [-0.3, -0.25) is 0 Å². The highest BCUT2D eigenvalue weighted by molar-refractivity contribution is 5.79. The molecule has 0 aromatic rings. The maximum Gasteiger partial charge on any atom is 0.328 e. The van der Waals surface area contributed by atoms with Crippen LogP contribution in [0.2, 0.25) is 0 Å². The van der Waals surface area contributed by atoms with Crippen molar-refractivity contribution in [2.24, 2.45) is 0 Å². The zero-order valence-corrected chi connectivity index (χ0v) is 6.75. The predicted molar refractivity (Wildman–Crippen MR) is 42.5 cm³/mol. The van der Waals surface area contributed by atoms with Gasteiger partial charge in [0.05, 0.1) is 6.61 Å². The van der Waals surface area contributed by atoms with Crippen LogP contribution in [0.4, 0.5) is 0 Å². The predicted octanol–water partition coefficient (Wildman–Crippen LogP) is 1.44. The normalized spacial score (nSPS) is 10.6. The molecule has 0 unspecified atom stereocenters. The molecular weight excluding hydrogens is 144 g/mol. The summed E-state index contributed by atoms with van der Waals surface area (Å²) in [7, 11) is 0. The second kappa shape index (κ2) is 7.28. The Labute approximate surface area is 66.7 Å². The van der Waals surface area contributed by atoms with Crippen LogP contribution in [0.15, 0.2) is 12.2 Å². The first-order chi connectivity index (χ1) is 5.27. The lowest BCUT2D eigenvalue weighted by Gasteiger charge is -1.96. The fourth-order valence-electron chi connectivity index (χ4n) is 0.547. The van der Waals surface area contributed by atoms with Gasteiger partial charge in [-0.25, -0.2) is 4.79 Å². The van der Waals surface area contributed by atoms with E-state index < -0.39 is 5.97 Å². The van der Waals surface area contributed by atoms with Crippen molar-refractivity contribution in [3.8, 4) is 0 Å². The van der Waals surface area contributed by atoms with E-state index in [0.717, 1.165) is 18.9 Å². The van der Waals surface area contributed by atoms with E-state index in [2.05, 4.69) is 6.92 Å². The van der Waals surface area contributed by atoms with E-state index in [-0.39, 0.29) is 0 Å². The van der Waals surface area contributed by atoms with Gasteiger partial charge in [0.25, 0.3) is 0 Å². The SMILES string of the molecule is CCCCOCC=CC(=O)O. The van der Waals surface area contributed by atoms with Crippen molar-refractivity contribution in [1.29, 1.82) is 0 Å². The lowest BCUT2D eigenvalue weighted by atomic mass is 10.4. The van der Waals surface area contributed by atoms with Gasteiger partial charge in [-0.05, 0) is 6.42 Å². The monoisotopic (exact) mass is 158 g/mol. The Morgan fingerprint density at radius 2 is 2.36 bits per heavy atom. The molecule has 0 aliphatic rings. The van der Waals surface area contributed by atoms with Gasteiger partial charge in [0, 0.05) is 12.7 Å². The van der Waals surface area contributed by atoms with Gasteiger partial charge in [-0.1, -0.05) is 19.4 Å². The number of carboxylic acids is 1. The molecule has 0 rings (SSSR count). The number of hydrogen-bond acceptors (Lipinski definition) is 2. The largest absolute Gasteiger partial charge is 0.478 e. The molecule has 0 heterocycles. The smallest absolute Gasteiger partial charge is 0.328 e. The van der Waals surface area contributed by atoms with Crippen molar-refractivity contribution in [3.05, 3.63) is 12.2 Å². The maximum absolute atomic E-state index is 9.95. The molecule has 3 heteroatoms. The average Bonchev–Trinajstić information content (AvgIpc) is 1.96. The van der Waals surface area contributed by atoms with Crippen LogP contribution < -0.4 is 0 Å². The molecule has 11 heavy (non-hydrogen) atoms. The number of rotatable bonds is 6. The van der Waals surface area contributed by atoms with E-state index in [9.17, 15) is 4.79 Å². The maximum atomic E-state index is 9.95. The third-order valence-corrected chi connectivity index (χ3v) is 1.12. The molecule has 3 nitrogen and oxygen atoms in total. The molecule has 0 amide bonds. The molecule has 0 saturated heterocycles. The standard InChI is InChI=1S/C8H14O3/c1-2-3-6-11-7-4-5-8(9)10/h4-5H,2-3,6-7H2,1H3,(H,9,10). The van der Waals surface area contributed by atoms with Crippen molar-refractivity contribution in [3.63, 3.8) is 0 Å². The molecule has 0 saturated carbocycles. The molecule has 0 bridgehead atoms. The van der Waals surface area contributed by atoms with Crippen molar-refractivity contribution < 1.29 is 14.6 Å². The van der Waals surface area contributed by atoms with Gasteiger partial charge in [0.2, 0.25) is 0 Å². The van der Waals surface area contributed by atoms with Gasteiger partial charge in [-0.2, -0.15) is 0 Å². The van der Waals surface area contributed by atoms with Crippen LogP contribution in [-0.4, -0.2) is 24.3 Å². The Balaban J connectivity index is 3.07. The minimum atomic E-state index is -0.927. The van der Waals surface area contributed by atoms with Crippen LogP contribution in [0.1, 0.15) is 19.8 Å². The lowest BCUT2D eigenvalue weighted by molar-refractivity contribution is -0.131. The Morgan fingerprint density at radius 1 is 1.64 bits per heavy atom. The summed E-state index contributed by atoms with van der Waals surface area (Å²) in [5.41, 5.74) is 0. The van der Waals surface area contributed by atoms with Gasteiger partial charge in [-0.15, -0.1) is 0 Å². The Hall–Kier alpha value is -0.830. The summed E-state index contributed by atoms with van der Waals surface area (Å²) in [6, 6.07) is 0. The third kappa shape index (κ3) is 9.17. The van der Waals surface area contributed by atoms with E-state index in [4.69, 9.17) is 9.84 Å². The minimum Gasteiger partial charge on any atom is -0.478 e. The summed E-state index contributed by atoms with van der Waals surface area (Å²) in [6.07, 6.45) is 4.72. The highest BCUT2D eigenvalue weighted by atomic mass is 16.5. The molecule has 0 spiro atoms. The summed E-state index contributed by atoms with van der Waals surface area (Å²) in [4.78, 5) is 9.95. The third-order valence-electron chi connectivity index (χ3n) is 1.12. The van der Waals surface area contributed by atoms with Crippen LogP contribution in [0.25, 0.3) is 0 Å².